The van der Waals surface area contributed by atoms with Gasteiger partial charge in [-0.1, -0.05) is 0 Å². The molecular weight excluding hydrogens is 298 g/mol. The van der Waals surface area contributed by atoms with E-state index < -0.39 is 0 Å². The smallest absolute Gasteiger partial charge is 0.188 e. The fourth-order valence-corrected chi connectivity index (χ4v) is 2.03. The number of nitrogens with zero attached hydrogens (tertiary/aromatic N) is 2. The van der Waals surface area contributed by atoms with Crippen molar-refractivity contribution < 1.29 is 0 Å². The first-order valence-corrected chi connectivity index (χ1v) is 5.72. The second-order valence-electron chi connectivity index (χ2n) is 2.75. The summed E-state index contributed by atoms with van der Waals surface area (Å²) in [5.74, 6) is 0.793. The molecule has 0 radical (unpaired) electrons. The van der Waals surface area contributed by atoms with Crippen LogP contribution in [0.25, 0.3) is 0 Å². The van der Waals surface area contributed by atoms with Crippen LogP contribution in [-0.2, 0) is 0 Å². The Kier molecular flexibility index (Phi) is 4.50. The lowest BCUT2D eigenvalue weighted by molar-refractivity contribution is 1.23. The molecule has 3 nitrogen and oxygen atoms in total. The van der Waals surface area contributed by atoms with Crippen molar-refractivity contribution in [3.05, 3.63) is 33.9 Å². The fourth-order valence-electron chi connectivity index (χ4n) is 0.990. The largest absolute Gasteiger partial charge is 0.315 e. The molecular formula is C9H9BrClN3S. The van der Waals surface area contributed by atoms with E-state index in [1.807, 2.05) is 24.4 Å². The fraction of sp³-hybridized carbons (Fsp3) is 0.111. The topological polar surface area (TPSA) is 37.8 Å². The van der Waals surface area contributed by atoms with Crippen molar-refractivity contribution in [2.45, 2.75) is 6.92 Å². The van der Waals surface area contributed by atoms with Crippen LogP contribution in [0.15, 0.2) is 28.2 Å². The molecule has 2 aromatic rings. The van der Waals surface area contributed by atoms with Crippen molar-refractivity contribution >= 4 is 50.6 Å². The van der Waals surface area contributed by atoms with Gasteiger partial charge in [0.05, 0.1) is 10.2 Å². The van der Waals surface area contributed by atoms with Gasteiger partial charge in [0.25, 0.3) is 0 Å². The lowest BCUT2D eigenvalue weighted by atomic mass is 10.5. The third-order valence-electron chi connectivity index (χ3n) is 1.60. The zero-order valence-electron chi connectivity index (χ0n) is 7.90. The highest BCUT2D eigenvalue weighted by Gasteiger charge is 2.02. The van der Waals surface area contributed by atoms with Gasteiger partial charge in [-0.25, -0.2) is 9.97 Å². The molecule has 0 aliphatic carbocycles. The van der Waals surface area contributed by atoms with Crippen LogP contribution >= 0.6 is 39.7 Å². The number of rotatable bonds is 2. The van der Waals surface area contributed by atoms with Gasteiger partial charge in [0.2, 0.25) is 0 Å². The number of hydrogen-bond acceptors (Lipinski definition) is 4. The Morgan fingerprint density at radius 1 is 1.47 bits per heavy atom. The quantitative estimate of drug-likeness (QED) is 0.917. The number of aryl methyl sites for hydroxylation is 1. The van der Waals surface area contributed by atoms with E-state index in [4.69, 9.17) is 0 Å². The monoisotopic (exact) mass is 305 g/mol. The summed E-state index contributed by atoms with van der Waals surface area (Å²) in [7, 11) is 0. The summed E-state index contributed by atoms with van der Waals surface area (Å²) in [6.07, 6.45) is 1.74. The van der Waals surface area contributed by atoms with E-state index in [0.29, 0.717) is 0 Å². The molecule has 2 rings (SSSR count). The van der Waals surface area contributed by atoms with Crippen LogP contribution in [0.3, 0.4) is 0 Å². The summed E-state index contributed by atoms with van der Waals surface area (Å²) in [5, 5.41) is 6.00. The first kappa shape index (κ1) is 12.4. The van der Waals surface area contributed by atoms with Gasteiger partial charge in [0.15, 0.2) is 5.13 Å². The van der Waals surface area contributed by atoms with Crippen molar-refractivity contribution in [2.75, 3.05) is 5.32 Å². The molecule has 0 aromatic carbocycles. The summed E-state index contributed by atoms with van der Waals surface area (Å²) in [6.45, 7) is 1.97. The molecule has 1 N–H and O–H groups in total. The Bertz CT molecular complexity index is 446. The van der Waals surface area contributed by atoms with Crippen LogP contribution in [0, 0.1) is 6.92 Å². The van der Waals surface area contributed by atoms with E-state index in [1.165, 1.54) is 0 Å². The second kappa shape index (κ2) is 5.44. The Balaban J connectivity index is 0.00000112. The van der Waals surface area contributed by atoms with Crippen LogP contribution in [0.4, 0.5) is 10.9 Å². The van der Waals surface area contributed by atoms with Crippen LogP contribution in [-0.4, -0.2) is 9.97 Å². The van der Waals surface area contributed by atoms with Crippen molar-refractivity contribution in [1.82, 2.24) is 9.97 Å². The summed E-state index contributed by atoms with van der Waals surface area (Å²) in [5.41, 5.74) is 1.02. The highest BCUT2D eigenvalue weighted by molar-refractivity contribution is 9.10. The van der Waals surface area contributed by atoms with Crippen molar-refractivity contribution in [2.24, 2.45) is 0 Å². The Morgan fingerprint density at radius 3 is 2.87 bits per heavy atom. The van der Waals surface area contributed by atoms with E-state index in [1.54, 1.807) is 17.5 Å². The van der Waals surface area contributed by atoms with Crippen LogP contribution in [0.1, 0.15) is 5.69 Å². The third-order valence-corrected chi connectivity index (χ3v) is 3.12. The van der Waals surface area contributed by atoms with Gasteiger partial charge in [0, 0.05) is 11.6 Å². The van der Waals surface area contributed by atoms with Crippen molar-refractivity contribution in [3.63, 3.8) is 0 Å². The third kappa shape index (κ3) is 3.15. The molecule has 0 fully saturated rings. The molecule has 0 spiro atoms. The van der Waals surface area contributed by atoms with E-state index in [9.17, 15) is 0 Å². The van der Waals surface area contributed by atoms with Gasteiger partial charge in [-0.05, 0) is 35.0 Å². The van der Waals surface area contributed by atoms with E-state index in [-0.39, 0.29) is 12.4 Å². The minimum Gasteiger partial charge on any atom is -0.315 e. The SMILES string of the molecule is Cc1csc(Nc2ncccc2Br)n1.Cl. The summed E-state index contributed by atoms with van der Waals surface area (Å²) >= 11 is 4.98. The number of halogens is 2. The van der Waals surface area contributed by atoms with Crippen LogP contribution in [0.5, 0.6) is 0 Å². The number of hydrogen-bond donors (Lipinski definition) is 1. The maximum Gasteiger partial charge on any atom is 0.188 e. The molecule has 0 saturated carbocycles. The van der Waals surface area contributed by atoms with E-state index in [0.717, 1.165) is 21.1 Å². The van der Waals surface area contributed by atoms with Gasteiger partial charge in [-0.2, -0.15) is 0 Å². The maximum absolute atomic E-state index is 4.29. The molecule has 15 heavy (non-hydrogen) atoms. The molecule has 0 unspecified atom stereocenters. The number of aromatic nitrogens is 2. The lowest BCUT2D eigenvalue weighted by Crippen LogP contribution is -1.93. The van der Waals surface area contributed by atoms with Gasteiger partial charge in [0.1, 0.15) is 5.82 Å². The van der Waals surface area contributed by atoms with Crippen molar-refractivity contribution in [1.29, 1.82) is 0 Å². The molecule has 2 heterocycles. The van der Waals surface area contributed by atoms with Gasteiger partial charge < -0.3 is 5.32 Å². The van der Waals surface area contributed by atoms with Gasteiger partial charge in [-0.3, -0.25) is 0 Å². The molecule has 6 heteroatoms. The summed E-state index contributed by atoms with van der Waals surface area (Å²) in [6, 6.07) is 3.82. The van der Waals surface area contributed by atoms with Gasteiger partial charge in [-0.15, -0.1) is 23.7 Å². The zero-order chi connectivity index (χ0) is 9.97. The maximum atomic E-state index is 4.29. The molecule has 0 bridgehead atoms. The summed E-state index contributed by atoms with van der Waals surface area (Å²) in [4.78, 5) is 8.49. The number of nitrogens with one attached hydrogen (secondary N) is 1. The number of anilines is 2. The predicted octanol–water partition coefficient (Wildman–Crippen LogP) is 3.77. The minimum absolute atomic E-state index is 0. The highest BCUT2D eigenvalue weighted by atomic mass is 79.9. The van der Waals surface area contributed by atoms with E-state index in [2.05, 4.69) is 31.2 Å². The number of thiazole rings is 1. The van der Waals surface area contributed by atoms with Crippen LogP contribution < -0.4 is 5.32 Å². The Hall–Kier alpha value is -0.650. The average Bonchev–Trinajstić information content (AvgIpc) is 2.56. The molecule has 2 aromatic heterocycles. The standard InChI is InChI=1S/C9H8BrN3S.ClH/c1-6-5-14-9(12-6)13-8-7(10)3-2-4-11-8;/h2-5H,1H3,(H,11,12,13);1H. The van der Waals surface area contributed by atoms with Crippen molar-refractivity contribution in [3.8, 4) is 0 Å². The minimum atomic E-state index is 0. The first-order chi connectivity index (χ1) is 6.75. The number of pyridine rings is 1. The molecule has 0 amide bonds. The first-order valence-electron chi connectivity index (χ1n) is 4.05. The zero-order valence-corrected chi connectivity index (χ0v) is 11.1. The summed E-state index contributed by atoms with van der Waals surface area (Å²) < 4.78 is 0.938. The molecule has 0 aliphatic rings. The average molecular weight is 307 g/mol. The molecule has 0 atom stereocenters. The molecule has 0 saturated heterocycles. The van der Waals surface area contributed by atoms with Crippen LogP contribution in [0.2, 0.25) is 0 Å². The normalized spacial score (nSPS) is 9.47. The molecule has 0 aliphatic heterocycles. The lowest BCUT2D eigenvalue weighted by Gasteiger charge is -2.02. The Labute approximate surface area is 107 Å². The van der Waals surface area contributed by atoms with E-state index >= 15 is 0 Å². The predicted molar refractivity (Wildman–Crippen MR) is 69.3 cm³/mol. The highest BCUT2D eigenvalue weighted by Crippen LogP contribution is 2.24. The molecule has 80 valence electrons. The Morgan fingerprint density at radius 2 is 2.27 bits per heavy atom. The van der Waals surface area contributed by atoms with Gasteiger partial charge >= 0.3 is 0 Å². The second-order valence-corrected chi connectivity index (χ2v) is 4.47.